The zero-order valence-corrected chi connectivity index (χ0v) is 9.27. The molecule has 0 bridgehead atoms. The van der Waals surface area contributed by atoms with Crippen LogP contribution >= 0.6 is 11.6 Å². The van der Waals surface area contributed by atoms with Crippen LogP contribution in [0.5, 0.6) is 0 Å². The molecule has 0 unspecified atom stereocenters. The molecule has 84 valence electrons. The maximum Gasteiger partial charge on any atom is 0.173 e. The van der Waals surface area contributed by atoms with Gasteiger partial charge in [0.15, 0.2) is 11.6 Å². The summed E-state index contributed by atoms with van der Waals surface area (Å²) in [4.78, 5) is 6.89. The summed E-state index contributed by atoms with van der Waals surface area (Å²) < 4.78 is 13.6. The van der Waals surface area contributed by atoms with Gasteiger partial charge in [0.05, 0.1) is 10.7 Å². The van der Waals surface area contributed by atoms with E-state index in [1.165, 1.54) is 6.07 Å². The van der Waals surface area contributed by atoms with Crippen LogP contribution in [0, 0.1) is 12.7 Å². The molecule has 0 radical (unpaired) electrons. The van der Waals surface area contributed by atoms with Crippen molar-refractivity contribution in [2.75, 3.05) is 11.1 Å². The van der Waals surface area contributed by atoms with E-state index in [1.807, 2.05) is 0 Å². The van der Waals surface area contributed by atoms with Crippen LogP contribution < -0.4 is 11.1 Å². The zero-order chi connectivity index (χ0) is 11.7. The van der Waals surface area contributed by atoms with Crippen molar-refractivity contribution in [3.05, 3.63) is 34.9 Å². The Balaban J connectivity index is 2.34. The first-order chi connectivity index (χ1) is 7.58. The third-order valence-electron chi connectivity index (χ3n) is 2.05. The molecule has 2 rings (SSSR count). The van der Waals surface area contributed by atoms with Gasteiger partial charge in [-0.2, -0.15) is 0 Å². The summed E-state index contributed by atoms with van der Waals surface area (Å²) in [5, 5.41) is 2.83. The molecule has 4 nitrogen and oxygen atoms in total. The van der Waals surface area contributed by atoms with E-state index in [0.29, 0.717) is 17.5 Å². The Labute approximate surface area is 96.6 Å². The van der Waals surface area contributed by atoms with Crippen LogP contribution in [0.1, 0.15) is 5.82 Å². The molecule has 1 aromatic heterocycles. The molecule has 0 atom stereocenters. The minimum absolute atomic E-state index is 0.0517. The van der Waals surface area contributed by atoms with Crippen LogP contribution in [-0.2, 0) is 0 Å². The second-order valence-electron chi connectivity index (χ2n) is 3.31. The molecule has 4 N–H and O–H groups in total. The molecule has 2 aromatic rings. The molecule has 0 fully saturated rings. The minimum atomic E-state index is -0.524. The van der Waals surface area contributed by atoms with E-state index in [-0.39, 0.29) is 10.7 Å². The van der Waals surface area contributed by atoms with E-state index in [9.17, 15) is 4.39 Å². The van der Waals surface area contributed by atoms with Crippen LogP contribution in [0.4, 0.5) is 21.7 Å². The first-order valence-corrected chi connectivity index (χ1v) is 4.99. The van der Waals surface area contributed by atoms with Crippen molar-refractivity contribution < 1.29 is 4.39 Å². The first-order valence-electron chi connectivity index (χ1n) is 4.61. The van der Waals surface area contributed by atoms with Gasteiger partial charge in [-0.15, -0.1) is 0 Å². The lowest BCUT2D eigenvalue weighted by atomic mass is 10.3. The lowest BCUT2D eigenvalue weighted by Crippen LogP contribution is -1.97. The number of aryl methyl sites for hydroxylation is 1. The van der Waals surface area contributed by atoms with Gasteiger partial charge in [-0.1, -0.05) is 17.7 Å². The van der Waals surface area contributed by atoms with Crippen molar-refractivity contribution in [1.82, 2.24) is 9.97 Å². The number of aromatic nitrogens is 2. The fraction of sp³-hybridized carbons (Fsp3) is 0.100. The lowest BCUT2D eigenvalue weighted by molar-refractivity contribution is 0.632. The number of benzene rings is 1. The summed E-state index contributed by atoms with van der Waals surface area (Å²) in [5.41, 5.74) is 5.88. The lowest BCUT2D eigenvalue weighted by Gasteiger charge is -2.05. The molecule has 0 amide bonds. The molecule has 0 aliphatic heterocycles. The highest BCUT2D eigenvalue weighted by atomic mass is 35.5. The molecule has 0 spiro atoms. The van der Waals surface area contributed by atoms with E-state index in [4.69, 9.17) is 17.3 Å². The third kappa shape index (κ3) is 1.94. The molecular weight excluding hydrogens is 231 g/mol. The van der Waals surface area contributed by atoms with Gasteiger partial charge in [-0.3, -0.25) is 0 Å². The molecule has 0 saturated carbocycles. The molecule has 0 aliphatic carbocycles. The molecule has 1 heterocycles. The quantitative estimate of drug-likeness (QED) is 0.756. The van der Waals surface area contributed by atoms with Crippen LogP contribution in [0.3, 0.4) is 0 Å². The van der Waals surface area contributed by atoms with Crippen molar-refractivity contribution in [2.24, 2.45) is 0 Å². The SMILES string of the molecule is Cc1nc(Nc2cccc(Cl)c2F)c(N)[nH]1. The summed E-state index contributed by atoms with van der Waals surface area (Å²) in [6.45, 7) is 1.76. The van der Waals surface area contributed by atoms with Crippen molar-refractivity contribution in [3.8, 4) is 0 Å². The minimum Gasteiger partial charge on any atom is -0.382 e. The Bertz CT molecular complexity index is 524. The molecule has 0 saturated heterocycles. The van der Waals surface area contributed by atoms with Crippen LogP contribution in [0.15, 0.2) is 18.2 Å². The zero-order valence-electron chi connectivity index (χ0n) is 8.51. The second-order valence-corrected chi connectivity index (χ2v) is 3.72. The van der Waals surface area contributed by atoms with Crippen molar-refractivity contribution in [2.45, 2.75) is 6.92 Å². The number of H-pyrrole nitrogens is 1. The number of nitrogen functional groups attached to an aromatic ring is 1. The van der Waals surface area contributed by atoms with E-state index in [2.05, 4.69) is 15.3 Å². The number of hydrogen-bond donors (Lipinski definition) is 3. The molecule has 16 heavy (non-hydrogen) atoms. The topological polar surface area (TPSA) is 66.7 Å². The highest BCUT2D eigenvalue weighted by Gasteiger charge is 2.10. The molecule has 1 aromatic carbocycles. The van der Waals surface area contributed by atoms with Crippen LogP contribution in [0.25, 0.3) is 0 Å². The fourth-order valence-electron chi connectivity index (χ4n) is 1.33. The predicted octanol–water partition coefficient (Wildman–Crippen LogP) is 2.84. The number of nitrogens with zero attached hydrogens (tertiary/aromatic N) is 1. The van der Waals surface area contributed by atoms with E-state index in [0.717, 1.165) is 0 Å². The van der Waals surface area contributed by atoms with E-state index >= 15 is 0 Å². The van der Waals surface area contributed by atoms with Gasteiger partial charge in [0.2, 0.25) is 0 Å². The average molecular weight is 241 g/mol. The number of anilines is 3. The standard InChI is InChI=1S/C10H10ClFN4/c1-5-14-9(13)10(15-5)16-7-4-2-3-6(11)8(7)12/h2-4,16H,13H2,1H3,(H,14,15). The Kier molecular flexibility index (Phi) is 2.70. The molecule has 6 heteroatoms. The van der Waals surface area contributed by atoms with Gasteiger partial charge in [-0.05, 0) is 19.1 Å². The van der Waals surface area contributed by atoms with Gasteiger partial charge in [0, 0.05) is 0 Å². The Morgan fingerprint density at radius 1 is 1.50 bits per heavy atom. The van der Waals surface area contributed by atoms with Crippen molar-refractivity contribution in [1.29, 1.82) is 0 Å². The first kappa shape index (κ1) is 10.8. The monoisotopic (exact) mass is 240 g/mol. The summed E-state index contributed by atoms with van der Waals surface area (Å²) in [7, 11) is 0. The number of nitrogens with one attached hydrogen (secondary N) is 2. The number of halogens is 2. The Hall–Kier alpha value is -1.75. The maximum atomic E-state index is 13.6. The average Bonchev–Trinajstić information content (AvgIpc) is 2.53. The third-order valence-corrected chi connectivity index (χ3v) is 2.35. The van der Waals surface area contributed by atoms with E-state index in [1.54, 1.807) is 19.1 Å². The van der Waals surface area contributed by atoms with Crippen molar-refractivity contribution >= 4 is 28.9 Å². The largest absolute Gasteiger partial charge is 0.382 e. The number of nitrogens with two attached hydrogens (primary N) is 1. The summed E-state index contributed by atoms with van der Waals surface area (Å²) in [5.74, 6) is 0.877. The number of hydrogen-bond acceptors (Lipinski definition) is 3. The highest BCUT2D eigenvalue weighted by Crippen LogP contribution is 2.26. The smallest absolute Gasteiger partial charge is 0.173 e. The summed E-state index contributed by atoms with van der Waals surface area (Å²) in [6.07, 6.45) is 0. The van der Waals surface area contributed by atoms with Crippen LogP contribution in [-0.4, -0.2) is 9.97 Å². The normalized spacial score (nSPS) is 10.4. The van der Waals surface area contributed by atoms with Gasteiger partial charge in [0.1, 0.15) is 11.6 Å². The van der Waals surface area contributed by atoms with E-state index < -0.39 is 5.82 Å². The van der Waals surface area contributed by atoms with Gasteiger partial charge < -0.3 is 16.0 Å². The number of aromatic amines is 1. The Morgan fingerprint density at radius 3 is 2.88 bits per heavy atom. The summed E-state index contributed by atoms with van der Waals surface area (Å²) in [6, 6.07) is 4.68. The molecular formula is C10H10ClFN4. The predicted molar refractivity (Wildman–Crippen MR) is 62.4 cm³/mol. The summed E-state index contributed by atoms with van der Waals surface area (Å²) >= 11 is 5.65. The van der Waals surface area contributed by atoms with Gasteiger partial charge in [-0.25, -0.2) is 9.37 Å². The number of imidazole rings is 1. The maximum absolute atomic E-state index is 13.6. The molecule has 0 aliphatic rings. The highest BCUT2D eigenvalue weighted by molar-refractivity contribution is 6.31. The van der Waals surface area contributed by atoms with Gasteiger partial charge in [0.25, 0.3) is 0 Å². The number of rotatable bonds is 2. The van der Waals surface area contributed by atoms with Crippen LogP contribution in [0.2, 0.25) is 5.02 Å². The van der Waals surface area contributed by atoms with Gasteiger partial charge >= 0.3 is 0 Å². The Morgan fingerprint density at radius 2 is 2.25 bits per heavy atom. The van der Waals surface area contributed by atoms with Crippen molar-refractivity contribution in [3.63, 3.8) is 0 Å². The second kappa shape index (κ2) is 4.02. The fourth-order valence-corrected chi connectivity index (χ4v) is 1.51.